The minimum absolute atomic E-state index is 0.0907. The van der Waals surface area contributed by atoms with Gasteiger partial charge in [-0.05, 0) is 77.0 Å². The molecule has 0 radical (unpaired) electrons. The van der Waals surface area contributed by atoms with Gasteiger partial charge in [-0.25, -0.2) is 0 Å². The van der Waals surface area contributed by atoms with E-state index in [0.29, 0.717) is 6.42 Å². The van der Waals surface area contributed by atoms with Crippen molar-refractivity contribution in [3.05, 3.63) is 72.9 Å². The van der Waals surface area contributed by atoms with Crippen LogP contribution in [0.1, 0.15) is 174 Å². The van der Waals surface area contributed by atoms with Crippen LogP contribution in [0.2, 0.25) is 0 Å². The molecule has 4 nitrogen and oxygen atoms in total. The predicted molar refractivity (Wildman–Crippen MR) is 207 cm³/mol. The molecule has 47 heavy (non-hydrogen) atoms. The SMILES string of the molecule is CCCC/C=C/CC/C=C/CC/C=C/C(O)C(CO)NC(=O)CCCCCCCCCC/C=C\C/C=C\C/C=C\CCCCCCC. The van der Waals surface area contributed by atoms with Crippen molar-refractivity contribution >= 4 is 5.91 Å². The number of amides is 1. The summed E-state index contributed by atoms with van der Waals surface area (Å²) in [5.74, 6) is -0.0907. The number of aliphatic hydroxyl groups is 2. The molecule has 4 heteroatoms. The van der Waals surface area contributed by atoms with Crippen LogP contribution in [-0.2, 0) is 4.79 Å². The van der Waals surface area contributed by atoms with Crippen molar-refractivity contribution in [2.24, 2.45) is 0 Å². The molecule has 0 saturated heterocycles. The molecule has 0 aromatic rings. The molecule has 2 atom stereocenters. The fraction of sp³-hybridized carbons (Fsp3) is 0.698. The lowest BCUT2D eigenvalue weighted by molar-refractivity contribution is -0.123. The highest BCUT2D eigenvalue weighted by molar-refractivity contribution is 5.76. The minimum Gasteiger partial charge on any atom is -0.394 e. The van der Waals surface area contributed by atoms with Crippen LogP contribution in [0.5, 0.6) is 0 Å². The standard InChI is InChI=1S/C43H75NO3/c1-3-5-7-9-11-13-15-17-18-19-20-21-22-23-24-25-26-27-29-31-33-35-37-39-43(47)44-41(40-45)42(46)38-36-34-32-30-28-16-14-12-10-8-6-4-2/h10,12,15,17,19-20,22-23,28,30,36,38,41-42,45-46H,3-9,11,13-14,16,18,21,24-27,29,31-35,37,39-40H2,1-2H3,(H,44,47)/b12-10+,17-15-,20-19-,23-22-,30-28+,38-36+. The van der Waals surface area contributed by atoms with Crippen LogP contribution in [-0.4, -0.2) is 34.9 Å². The van der Waals surface area contributed by atoms with Crippen LogP contribution >= 0.6 is 0 Å². The Morgan fingerprint density at radius 3 is 1.45 bits per heavy atom. The van der Waals surface area contributed by atoms with Crippen LogP contribution in [0, 0.1) is 0 Å². The summed E-state index contributed by atoms with van der Waals surface area (Å²) in [6, 6.07) is -0.651. The Labute approximate surface area is 291 Å². The van der Waals surface area contributed by atoms with Crippen molar-refractivity contribution in [1.82, 2.24) is 5.32 Å². The average molecular weight is 654 g/mol. The Bertz CT molecular complexity index is 838. The summed E-state index contributed by atoms with van der Waals surface area (Å²) >= 11 is 0. The van der Waals surface area contributed by atoms with E-state index >= 15 is 0 Å². The third kappa shape index (κ3) is 35.0. The van der Waals surface area contributed by atoms with Crippen molar-refractivity contribution < 1.29 is 15.0 Å². The largest absolute Gasteiger partial charge is 0.394 e. The highest BCUT2D eigenvalue weighted by Crippen LogP contribution is 2.12. The molecule has 1 amide bonds. The maximum absolute atomic E-state index is 12.3. The zero-order valence-corrected chi connectivity index (χ0v) is 30.8. The molecule has 0 aliphatic rings. The lowest BCUT2D eigenvalue weighted by atomic mass is 10.1. The van der Waals surface area contributed by atoms with E-state index in [2.05, 4.69) is 79.9 Å². The van der Waals surface area contributed by atoms with Crippen LogP contribution in [0.15, 0.2) is 72.9 Å². The van der Waals surface area contributed by atoms with E-state index in [1.807, 2.05) is 6.08 Å². The molecule has 0 bridgehead atoms. The number of hydrogen-bond donors (Lipinski definition) is 3. The molecule has 0 rings (SSSR count). The molecule has 3 N–H and O–H groups in total. The van der Waals surface area contributed by atoms with Gasteiger partial charge in [0.2, 0.25) is 5.91 Å². The maximum atomic E-state index is 12.3. The predicted octanol–water partition coefficient (Wildman–Crippen LogP) is 12.0. The highest BCUT2D eigenvalue weighted by Gasteiger charge is 2.17. The van der Waals surface area contributed by atoms with E-state index < -0.39 is 12.1 Å². The van der Waals surface area contributed by atoms with Gasteiger partial charge in [0.25, 0.3) is 0 Å². The van der Waals surface area contributed by atoms with Crippen LogP contribution in [0.25, 0.3) is 0 Å². The third-order valence-electron chi connectivity index (χ3n) is 8.39. The molecule has 0 fully saturated rings. The first-order valence-corrected chi connectivity index (χ1v) is 19.7. The Hall–Kier alpha value is -2.17. The summed E-state index contributed by atoms with van der Waals surface area (Å²) in [6.07, 6.45) is 54.2. The van der Waals surface area contributed by atoms with E-state index in [0.717, 1.165) is 57.8 Å². The number of rotatable bonds is 34. The fourth-order valence-electron chi connectivity index (χ4n) is 5.32. The highest BCUT2D eigenvalue weighted by atomic mass is 16.3. The van der Waals surface area contributed by atoms with Crippen molar-refractivity contribution in [1.29, 1.82) is 0 Å². The number of nitrogens with one attached hydrogen (secondary N) is 1. The van der Waals surface area contributed by atoms with Crippen molar-refractivity contribution in [3.8, 4) is 0 Å². The zero-order chi connectivity index (χ0) is 34.3. The Kier molecular flexibility index (Phi) is 36.5. The first-order valence-electron chi connectivity index (χ1n) is 19.7. The van der Waals surface area contributed by atoms with Crippen LogP contribution in [0.4, 0.5) is 0 Å². The molecule has 0 saturated carbocycles. The molecule has 0 spiro atoms. The molecular formula is C43H75NO3. The summed E-state index contributed by atoms with van der Waals surface area (Å²) in [5.41, 5.74) is 0. The monoisotopic (exact) mass is 654 g/mol. The summed E-state index contributed by atoms with van der Waals surface area (Å²) in [6.45, 7) is 4.21. The van der Waals surface area contributed by atoms with E-state index in [1.54, 1.807) is 6.08 Å². The second-order valence-corrected chi connectivity index (χ2v) is 13.0. The zero-order valence-electron chi connectivity index (χ0n) is 30.8. The van der Waals surface area contributed by atoms with E-state index in [4.69, 9.17) is 0 Å². The number of carbonyl (C=O) groups is 1. The topological polar surface area (TPSA) is 69.6 Å². The normalized spacial score (nSPS) is 13.9. The van der Waals surface area contributed by atoms with Crippen LogP contribution in [0.3, 0.4) is 0 Å². The molecule has 0 aromatic carbocycles. The smallest absolute Gasteiger partial charge is 0.220 e. The van der Waals surface area contributed by atoms with Gasteiger partial charge in [-0.2, -0.15) is 0 Å². The van der Waals surface area contributed by atoms with Crippen molar-refractivity contribution in [2.45, 2.75) is 187 Å². The number of unbranched alkanes of at least 4 members (excludes halogenated alkanes) is 17. The summed E-state index contributed by atoms with van der Waals surface area (Å²) in [4.78, 5) is 12.3. The first kappa shape index (κ1) is 44.8. The molecule has 0 aliphatic heterocycles. The van der Waals surface area contributed by atoms with Crippen molar-refractivity contribution in [3.63, 3.8) is 0 Å². The molecule has 2 unspecified atom stereocenters. The molecular weight excluding hydrogens is 578 g/mol. The van der Waals surface area contributed by atoms with E-state index in [9.17, 15) is 15.0 Å². The third-order valence-corrected chi connectivity index (χ3v) is 8.39. The summed E-state index contributed by atoms with van der Waals surface area (Å²) in [7, 11) is 0. The van der Waals surface area contributed by atoms with Gasteiger partial charge in [-0.15, -0.1) is 0 Å². The lowest BCUT2D eigenvalue weighted by Crippen LogP contribution is -2.45. The Balaban J connectivity index is 3.67. The molecule has 0 aliphatic carbocycles. The van der Waals surface area contributed by atoms with Gasteiger partial charge in [0.15, 0.2) is 0 Å². The van der Waals surface area contributed by atoms with Gasteiger partial charge in [-0.1, -0.05) is 164 Å². The number of hydrogen-bond acceptors (Lipinski definition) is 3. The summed E-state index contributed by atoms with van der Waals surface area (Å²) in [5, 5.41) is 22.8. The molecule has 270 valence electrons. The van der Waals surface area contributed by atoms with Crippen LogP contribution < -0.4 is 5.32 Å². The van der Waals surface area contributed by atoms with Gasteiger partial charge in [0, 0.05) is 6.42 Å². The van der Waals surface area contributed by atoms with Gasteiger partial charge in [-0.3, -0.25) is 4.79 Å². The van der Waals surface area contributed by atoms with Gasteiger partial charge in [0.05, 0.1) is 18.8 Å². The van der Waals surface area contributed by atoms with Gasteiger partial charge < -0.3 is 15.5 Å². The van der Waals surface area contributed by atoms with E-state index in [-0.39, 0.29) is 12.5 Å². The Morgan fingerprint density at radius 1 is 0.511 bits per heavy atom. The minimum atomic E-state index is -0.874. The quantitative estimate of drug-likeness (QED) is 0.0478. The number of aliphatic hydroxyl groups excluding tert-OH is 2. The Morgan fingerprint density at radius 2 is 0.915 bits per heavy atom. The summed E-state index contributed by atoms with van der Waals surface area (Å²) < 4.78 is 0. The lowest BCUT2D eigenvalue weighted by Gasteiger charge is -2.19. The first-order chi connectivity index (χ1) is 23.2. The molecule has 0 heterocycles. The second kappa shape index (κ2) is 38.3. The second-order valence-electron chi connectivity index (χ2n) is 13.0. The molecule has 0 aromatic heterocycles. The fourth-order valence-corrected chi connectivity index (χ4v) is 5.32. The number of allylic oxidation sites excluding steroid dienone is 11. The van der Waals surface area contributed by atoms with Gasteiger partial charge >= 0.3 is 0 Å². The van der Waals surface area contributed by atoms with E-state index in [1.165, 1.54) is 96.3 Å². The van der Waals surface area contributed by atoms with Gasteiger partial charge in [0.1, 0.15) is 0 Å². The average Bonchev–Trinajstić information content (AvgIpc) is 3.07. The number of carbonyl (C=O) groups excluding carboxylic acids is 1. The van der Waals surface area contributed by atoms with Crippen molar-refractivity contribution in [2.75, 3.05) is 6.61 Å². The maximum Gasteiger partial charge on any atom is 0.220 e.